The fraction of sp³-hybridized carbons (Fsp3) is 0.280. The summed E-state index contributed by atoms with van der Waals surface area (Å²) in [5.41, 5.74) is 6.06. The maximum atomic E-state index is 4.37. The van der Waals surface area contributed by atoms with Crippen LogP contribution in [0.2, 0.25) is 0 Å². The molecule has 0 unspecified atom stereocenters. The molecule has 0 N–H and O–H groups in total. The molecule has 2 heterocycles. The van der Waals surface area contributed by atoms with Crippen molar-refractivity contribution < 1.29 is 0 Å². The van der Waals surface area contributed by atoms with Crippen molar-refractivity contribution in [1.29, 1.82) is 0 Å². The SMILES string of the molecule is CC(C)c1ccc(-c2ccn(C)n2)cc1.CC(C)c1ccc(-n2cccn2)cc1. The second-order valence-electron chi connectivity index (χ2n) is 7.85. The Morgan fingerprint density at radius 2 is 1.31 bits per heavy atom. The molecule has 29 heavy (non-hydrogen) atoms. The first-order valence-corrected chi connectivity index (χ1v) is 10.1. The van der Waals surface area contributed by atoms with E-state index in [1.807, 2.05) is 40.9 Å². The van der Waals surface area contributed by atoms with Gasteiger partial charge in [-0.25, -0.2) is 4.68 Å². The van der Waals surface area contributed by atoms with E-state index in [-0.39, 0.29) is 0 Å². The molecule has 0 saturated heterocycles. The third kappa shape index (κ3) is 5.44. The molecule has 0 aliphatic heterocycles. The summed E-state index contributed by atoms with van der Waals surface area (Å²) in [6.07, 6.45) is 5.70. The van der Waals surface area contributed by atoms with E-state index < -0.39 is 0 Å². The van der Waals surface area contributed by atoms with Crippen molar-refractivity contribution in [2.24, 2.45) is 7.05 Å². The number of rotatable bonds is 4. The molecule has 4 nitrogen and oxygen atoms in total. The monoisotopic (exact) mass is 386 g/mol. The molecule has 0 spiro atoms. The van der Waals surface area contributed by atoms with Crippen LogP contribution in [0.5, 0.6) is 0 Å². The van der Waals surface area contributed by atoms with Gasteiger partial charge in [0.25, 0.3) is 0 Å². The van der Waals surface area contributed by atoms with Gasteiger partial charge in [0.2, 0.25) is 0 Å². The number of nitrogens with zero attached hydrogens (tertiary/aromatic N) is 4. The molecule has 2 aromatic heterocycles. The summed E-state index contributed by atoms with van der Waals surface area (Å²) in [5, 5.41) is 8.55. The number of benzene rings is 2. The predicted octanol–water partition coefficient (Wildman–Crippen LogP) is 6.21. The highest BCUT2D eigenvalue weighted by Crippen LogP contribution is 2.21. The van der Waals surface area contributed by atoms with Crippen LogP contribution >= 0.6 is 0 Å². The lowest BCUT2D eigenvalue weighted by Gasteiger charge is -2.06. The van der Waals surface area contributed by atoms with Gasteiger partial charge >= 0.3 is 0 Å². The highest BCUT2D eigenvalue weighted by molar-refractivity contribution is 5.58. The van der Waals surface area contributed by atoms with E-state index in [4.69, 9.17) is 0 Å². The van der Waals surface area contributed by atoms with Crippen LogP contribution in [0.4, 0.5) is 0 Å². The average molecular weight is 387 g/mol. The maximum absolute atomic E-state index is 4.37. The van der Waals surface area contributed by atoms with Crippen molar-refractivity contribution in [3.05, 3.63) is 90.4 Å². The molecule has 4 heteroatoms. The zero-order chi connectivity index (χ0) is 20.8. The summed E-state index contributed by atoms with van der Waals surface area (Å²) in [7, 11) is 1.94. The van der Waals surface area contributed by atoms with E-state index >= 15 is 0 Å². The van der Waals surface area contributed by atoms with E-state index in [0.29, 0.717) is 11.8 Å². The van der Waals surface area contributed by atoms with Crippen LogP contribution in [0.25, 0.3) is 16.9 Å². The molecule has 0 aliphatic rings. The minimum Gasteiger partial charge on any atom is -0.275 e. The number of aryl methyl sites for hydroxylation is 1. The second kappa shape index (κ2) is 9.37. The molecule has 4 aromatic rings. The number of aromatic nitrogens is 4. The van der Waals surface area contributed by atoms with Gasteiger partial charge < -0.3 is 0 Å². The first kappa shape index (κ1) is 20.6. The Hall–Kier alpha value is -3.14. The number of hydrogen-bond donors (Lipinski definition) is 0. The zero-order valence-electron chi connectivity index (χ0n) is 17.9. The summed E-state index contributed by atoms with van der Waals surface area (Å²) in [4.78, 5) is 0. The van der Waals surface area contributed by atoms with Gasteiger partial charge in [-0.2, -0.15) is 10.2 Å². The van der Waals surface area contributed by atoms with Gasteiger partial charge in [-0.1, -0.05) is 64.1 Å². The van der Waals surface area contributed by atoms with Gasteiger partial charge in [0.05, 0.1) is 11.4 Å². The quantitative estimate of drug-likeness (QED) is 0.418. The van der Waals surface area contributed by atoms with Gasteiger partial charge in [0, 0.05) is 31.2 Å². The van der Waals surface area contributed by atoms with Crippen LogP contribution in [-0.2, 0) is 7.05 Å². The van der Waals surface area contributed by atoms with Crippen molar-refractivity contribution in [3.8, 4) is 16.9 Å². The van der Waals surface area contributed by atoms with E-state index in [0.717, 1.165) is 11.4 Å². The Morgan fingerprint density at radius 3 is 1.76 bits per heavy atom. The van der Waals surface area contributed by atoms with Gasteiger partial charge in [-0.15, -0.1) is 0 Å². The van der Waals surface area contributed by atoms with E-state index in [2.05, 4.69) is 86.4 Å². The first-order chi connectivity index (χ1) is 13.9. The lowest BCUT2D eigenvalue weighted by Crippen LogP contribution is -1.94. The van der Waals surface area contributed by atoms with E-state index in [1.165, 1.54) is 16.7 Å². The van der Waals surface area contributed by atoms with Gasteiger partial charge in [-0.05, 0) is 47.2 Å². The topological polar surface area (TPSA) is 35.6 Å². The average Bonchev–Trinajstić information content (AvgIpc) is 3.41. The third-order valence-corrected chi connectivity index (χ3v) is 4.92. The van der Waals surface area contributed by atoms with Crippen molar-refractivity contribution >= 4 is 0 Å². The molecule has 0 aliphatic carbocycles. The van der Waals surface area contributed by atoms with Gasteiger partial charge in [0.15, 0.2) is 0 Å². The summed E-state index contributed by atoms with van der Waals surface area (Å²) in [6.45, 7) is 8.80. The lowest BCUT2D eigenvalue weighted by molar-refractivity contribution is 0.771. The molecule has 0 saturated carbocycles. The molecule has 2 aromatic carbocycles. The van der Waals surface area contributed by atoms with Crippen molar-refractivity contribution in [2.45, 2.75) is 39.5 Å². The van der Waals surface area contributed by atoms with Crippen LogP contribution in [0.1, 0.15) is 50.7 Å². The maximum Gasteiger partial charge on any atom is 0.0923 e. The van der Waals surface area contributed by atoms with E-state index in [9.17, 15) is 0 Å². The molecule has 0 fully saturated rings. The van der Waals surface area contributed by atoms with Crippen molar-refractivity contribution in [1.82, 2.24) is 19.6 Å². The Balaban J connectivity index is 0.000000166. The molecule has 0 bridgehead atoms. The summed E-state index contributed by atoms with van der Waals surface area (Å²) < 4.78 is 3.69. The van der Waals surface area contributed by atoms with Crippen LogP contribution in [-0.4, -0.2) is 19.6 Å². The minimum absolute atomic E-state index is 0.585. The summed E-state index contributed by atoms with van der Waals surface area (Å²) in [5.74, 6) is 1.17. The smallest absolute Gasteiger partial charge is 0.0923 e. The summed E-state index contributed by atoms with van der Waals surface area (Å²) in [6, 6.07) is 21.1. The second-order valence-corrected chi connectivity index (χ2v) is 7.85. The van der Waals surface area contributed by atoms with Crippen LogP contribution in [0, 0.1) is 0 Å². The zero-order valence-corrected chi connectivity index (χ0v) is 17.9. The standard InChI is InChI=1S/C13H16N2.C12H14N2/c1-10(2)11-4-6-12(7-5-11)13-8-9-15(3)14-13;1-10(2)11-4-6-12(7-5-11)14-9-3-8-13-14/h4-10H,1-3H3;3-10H,1-2H3. The molecule has 0 atom stereocenters. The van der Waals surface area contributed by atoms with Crippen molar-refractivity contribution in [2.75, 3.05) is 0 Å². The minimum atomic E-state index is 0.585. The fourth-order valence-corrected chi connectivity index (χ4v) is 3.04. The van der Waals surface area contributed by atoms with Crippen LogP contribution in [0.15, 0.2) is 79.3 Å². The molecule has 0 radical (unpaired) electrons. The third-order valence-electron chi connectivity index (χ3n) is 4.92. The lowest BCUT2D eigenvalue weighted by atomic mass is 10.0. The molecule has 150 valence electrons. The molecule has 0 amide bonds. The van der Waals surface area contributed by atoms with Gasteiger partial charge in [0.1, 0.15) is 0 Å². The Labute approximate surface area is 173 Å². The molecular formula is C25H30N4. The summed E-state index contributed by atoms with van der Waals surface area (Å²) >= 11 is 0. The normalized spacial score (nSPS) is 10.9. The van der Waals surface area contributed by atoms with Crippen molar-refractivity contribution in [3.63, 3.8) is 0 Å². The predicted molar refractivity (Wildman–Crippen MR) is 120 cm³/mol. The molecular weight excluding hydrogens is 356 g/mol. The first-order valence-electron chi connectivity index (χ1n) is 10.1. The van der Waals surface area contributed by atoms with Crippen LogP contribution < -0.4 is 0 Å². The Bertz CT molecular complexity index is 992. The number of hydrogen-bond acceptors (Lipinski definition) is 2. The Morgan fingerprint density at radius 1 is 0.724 bits per heavy atom. The fourth-order valence-electron chi connectivity index (χ4n) is 3.04. The highest BCUT2D eigenvalue weighted by atomic mass is 15.3. The van der Waals surface area contributed by atoms with Crippen LogP contribution in [0.3, 0.4) is 0 Å². The van der Waals surface area contributed by atoms with Gasteiger partial charge in [-0.3, -0.25) is 4.68 Å². The van der Waals surface area contributed by atoms with E-state index in [1.54, 1.807) is 6.20 Å². The highest BCUT2D eigenvalue weighted by Gasteiger charge is 2.03. The largest absolute Gasteiger partial charge is 0.275 e. The molecule has 4 rings (SSSR count). The Kier molecular flexibility index (Phi) is 6.65.